The molecule has 0 radical (unpaired) electrons. The van der Waals surface area contributed by atoms with E-state index in [0.29, 0.717) is 6.04 Å². The number of rotatable bonds is 5. The molecule has 2 rings (SSSR count). The second-order valence-electron chi connectivity index (χ2n) is 5.27. The van der Waals surface area contributed by atoms with Crippen LogP contribution in [0.3, 0.4) is 0 Å². The van der Waals surface area contributed by atoms with E-state index in [1.165, 1.54) is 24.2 Å². The second-order valence-corrected chi connectivity index (χ2v) is 5.27. The van der Waals surface area contributed by atoms with Gasteiger partial charge in [0.2, 0.25) is 0 Å². The maximum atomic E-state index is 3.45. The summed E-state index contributed by atoms with van der Waals surface area (Å²) in [6.07, 6.45) is 1.28. The van der Waals surface area contributed by atoms with Gasteiger partial charge in [0.15, 0.2) is 0 Å². The van der Waals surface area contributed by atoms with Gasteiger partial charge in [0, 0.05) is 38.9 Å². The van der Waals surface area contributed by atoms with E-state index in [-0.39, 0.29) is 0 Å². The molecule has 0 saturated carbocycles. The summed E-state index contributed by atoms with van der Waals surface area (Å²) in [4.78, 5) is 4.72. The topological polar surface area (TPSA) is 18.5 Å². The summed E-state index contributed by atoms with van der Waals surface area (Å²) >= 11 is 0. The van der Waals surface area contributed by atoms with Gasteiger partial charge in [0.1, 0.15) is 0 Å². The molecule has 1 aliphatic heterocycles. The molecule has 3 heteroatoms. The van der Waals surface area contributed by atoms with Gasteiger partial charge in [-0.05, 0) is 37.2 Å². The smallest absolute Gasteiger partial charge is 0.0361 e. The highest BCUT2D eigenvalue weighted by atomic mass is 15.2. The Bertz CT molecular complexity index is 353. The van der Waals surface area contributed by atoms with Crippen LogP contribution in [-0.4, -0.2) is 44.7 Å². The third kappa shape index (κ3) is 3.24. The van der Waals surface area contributed by atoms with E-state index in [9.17, 15) is 0 Å². The predicted molar refractivity (Wildman–Crippen MR) is 78.1 cm³/mol. The van der Waals surface area contributed by atoms with E-state index in [4.69, 9.17) is 0 Å². The molecule has 1 fully saturated rings. The fourth-order valence-corrected chi connectivity index (χ4v) is 2.58. The van der Waals surface area contributed by atoms with Gasteiger partial charge < -0.3 is 10.2 Å². The van der Waals surface area contributed by atoms with Crippen LogP contribution in [-0.2, 0) is 6.54 Å². The van der Waals surface area contributed by atoms with Gasteiger partial charge in [-0.2, -0.15) is 0 Å². The first kappa shape index (κ1) is 13.4. The molecule has 100 valence electrons. The van der Waals surface area contributed by atoms with E-state index in [0.717, 1.165) is 19.6 Å². The molecule has 0 aromatic heterocycles. The molecule has 3 nitrogen and oxygen atoms in total. The number of nitrogens with one attached hydrogen (secondary N) is 1. The number of benzene rings is 1. The van der Waals surface area contributed by atoms with E-state index >= 15 is 0 Å². The van der Waals surface area contributed by atoms with Crippen molar-refractivity contribution < 1.29 is 0 Å². The standard InChI is InChI=1S/C15H25N3/c1-4-18(15-9-10-16-11-15)12-13-5-7-14(8-6-13)17(2)3/h5-8,15-16H,4,9-12H2,1-3H3. The van der Waals surface area contributed by atoms with Gasteiger partial charge in [-0.15, -0.1) is 0 Å². The van der Waals surface area contributed by atoms with Crippen molar-refractivity contribution >= 4 is 5.69 Å². The van der Waals surface area contributed by atoms with Gasteiger partial charge >= 0.3 is 0 Å². The molecule has 0 spiro atoms. The van der Waals surface area contributed by atoms with Crippen LogP contribution in [0.1, 0.15) is 18.9 Å². The average molecular weight is 247 g/mol. The molecule has 1 N–H and O–H groups in total. The lowest BCUT2D eigenvalue weighted by molar-refractivity contribution is 0.210. The number of likely N-dealkylation sites (N-methyl/N-ethyl adjacent to an activating group) is 1. The highest BCUT2D eigenvalue weighted by molar-refractivity contribution is 5.45. The van der Waals surface area contributed by atoms with E-state index < -0.39 is 0 Å². The highest BCUT2D eigenvalue weighted by Crippen LogP contribution is 2.16. The lowest BCUT2D eigenvalue weighted by Crippen LogP contribution is -2.36. The van der Waals surface area contributed by atoms with Crippen molar-refractivity contribution in [1.82, 2.24) is 10.2 Å². The van der Waals surface area contributed by atoms with Crippen molar-refractivity contribution in [1.29, 1.82) is 0 Å². The van der Waals surface area contributed by atoms with Crippen LogP contribution in [0.25, 0.3) is 0 Å². The van der Waals surface area contributed by atoms with Crippen LogP contribution in [0.4, 0.5) is 5.69 Å². The normalized spacial score (nSPS) is 19.4. The average Bonchev–Trinajstić information content (AvgIpc) is 2.90. The molecule has 1 heterocycles. The second kappa shape index (κ2) is 6.21. The fraction of sp³-hybridized carbons (Fsp3) is 0.600. The summed E-state index contributed by atoms with van der Waals surface area (Å²) in [5, 5.41) is 3.45. The number of hydrogen-bond acceptors (Lipinski definition) is 3. The maximum absolute atomic E-state index is 3.45. The van der Waals surface area contributed by atoms with Gasteiger partial charge in [-0.25, -0.2) is 0 Å². The monoisotopic (exact) mass is 247 g/mol. The van der Waals surface area contributed by atoms with Crippen LogP contribution in [0.5, 0.6) is 0 Å². The summed E-state index contributed by atoms with van der Waals surface area (Å²) in [6, 6.07) is 9.62. The minimum Gasteiger partial charge on any atom is -0.378 e. The van der Waals surface area contributed by atoms with Gasteiger partial charge in [-0.1, -0.05) is 19.1 Å². The molecular formula is C15H25N3. The van der Waals surface area contributed by atoms with Crippen LogP contribution in [0.15, 0.2) is 24.3 Å². The lowest BCUT2D eigenvalue weighted by atomic mass is 10.1. The Balaban J connectivity index is 1.98. The first-order valence-corrected chi connectivity index (χ1v) is 6.91. The first-order chi connectivity index (χ1) is 8.70. The fourth-order valence-electron chi connectivity index (χ4n) is 2.58. The van der Waals surface area contributed by atoms with Gasteiger partial charge in [0.05, 0.1) is 0 Å². The molecule has 1 aromatic carbocycles. The third-order valence-corrected chi connectivity index (χ3v) is 3.80. The van der Waals surface area contributed by atoms with E-state index in [2.05, 4.69) is 60.4 Å². The molecule has 1 unspecified atom stereocenters. The Morgan fingerprint density at radius 2 is 1.94 bits per heavy atom. The molecule has 0 amide bonds. The van der Waals surface area contributed by atoms with Crippen LogP contribution in [0, 0.1) is 0 Å². The molecule has 0 aliphatic carbocycles. The van der Waals surface area contributed by atoms with Crippen LogP contribution < -0.4 is 10.2 Å². The lowest BCUT2D eigenvalue weighted by Gasteiger charge is -2.27. The van der Waals surface area contributed by atoms with Crippen molar-refractivity contribution in [2.45, 2.75) is 25.9 Å². The Labute approximate surface area is 111 Å². The Hall–Kier alpha value is -1.06. The quantitative estimate of drug-likeness (QED) is 0.858. The van der Waals surface area contributed by atoms with Crippen molar-refractivity contribution in [3.63, 3.8) is 0 Å². The molecule has 1 aliphatic rings. The van der Waals surface area contributed by atoms with Crippen molar-refractivity contribution in [3.8, 4) is 0 Å². The van der Waals surface area contributed by atoms with Gasteiger partial charge in [0.25, 0.3) is 0 Å². The predicted octanol–water partition coefficient (Wildman–Crippen LogP) is 1.94. The zero-order valence-electron chi connectivity index (χ0n) is 11.8. The number of hydrogen-bond donors (Lipinski definition) is 1. The van der Waals surface area contributed by atoms with Crippen molar-refractivity contribution in [2.75, 3.05) is 38.6 Å². The zero-order chi connectivity index (χ0) is 13.0. The number of anilines is 1. The van der Waals surface area contributed by atoms with E-state index in [1.807, 2.05) is 0 Å². The molecule has 0 bridgehead atoms. The van der Waals surface area contributed by atoms with Crippen molar-refractivity contribution in [2.24, 2.45) is 0 Å². The van der Waals surface area contributed by atoms with Crippen molar-refractivity contribution in [3.05, 3.63) is 29.8 Å². The molecule has 1 saturated heterocycles. The Kier molecular flexibility index (Phi) is 4.61. The maximum Gasteiger partial charge on any atom is 0.0361 e. The molecular weight excluding hydrogens is 222 g/mol. The number of nitrogens with zero attached hydrogens (tertiary/aromatic N) is 2. The SMILES string of the molecule is CCN(Cc1ccc(N(C)C)cc1)C1CCNC1. The molecule has 1 atom stereocenters. The first-order valence-electron chi connectivity index (χ1n) is 6.91. The Morgan fingerprint density at radius 3 is 2.44 bits per heavy atom. The van der Waals surface area contributed by atoms with Crippen LogP contribution >= 0.6 is 0 Å². The van der Waals surface area contributed by atoms with E-state index in [1.54, 1.807) is 0 Å². The summed E-state index contributed by atoms with van der Waals surface area (Å²) in [6.45, 7) is 6.76. The van der Waals surface area contributed by atoms with Crippen LogP contribution in [0.2, 0.25) is 0 Å². The minimum absolute atomic E-state index is 0.712. The highest BCUT2D eigenvalue weighted by Gasteiger charge is 2.20. The summed E-state index contributed by atoms with van der Waals surface area (Å²) in [7, 11) is 4.16. The third-order valence-electron chi connectivity index (χ3n) is 3.80. The largest absolute Gasteiger partial charge is 0.378 e. The molecule has 1 aromatic rings. The zero-order valence-corrected chi connectivity index (χ0v) is 11.8. The summed E-state index contributed by atoms with van der Waals surface area (Å²) in [5.41, 5.74) is 2.68. The summed E-state index contributed by atoms with van der Waals surface area (Å²) < 4.78 is 0. The minimum atomic E-state index is 0.712. The van der Waals surface area contributed by atoms with Gasteiger partial charge in [-0.3, -0.25) is 4.90 Å². The Morgan fingerprint density at radius 1 is 1.22 bits per heavy atom. The summed E-state index contributed by atoms with van der Waals surface area (Å²) in [5.74, 6) is 0. The molecule has 18 heavy (non-hydrogen) atoms.